The Bertz CT molecular complexity index is 800. The zero-order valence-electron chi connectivity index (χ0n) is 11.6. The van der Waals surface area contributed by atoms with Crippen molar-refractivity contribution in [3.8, 4) is 0 Å². The van der Waals surface area contributed by atoms with Crippen molar-refractivity contribution in [3.63, 3.8) is 0 Å². The molecule has 2 aromatic heterocycles. The first-order valence-electron chi connectivity index (χ1n) is 6.48. The van der Waals surface area contributed by atoms with Crippen LogP contribution < -0.4 is 5.32 Å². The van der Waals surface area contributed by atoms with Crippen molar-refractivity contribution >= 4 is 16.9 Å². The van der Waals surface area contributed by atoms with E-state index in [9.17, 15) is 9.18 Å². The van der Waals surface area contributed by atoms with Gasteiger partial charge in [0.05, 0.1) is 16.7 Å². The average molecular weight is 287 g/mol. The van der Waals surface area contributed by atoms with E-state index in [-0.39, 0.29) is 17.5 Å². The predicted molar refractivity (Wildman–Crippen MR) is 75.3 cm³/mol. The van der Waals surface area contributed by atoms with Gasteiger partial charge in [0, 0.05) is 17.8 Å². The van der Waals surface area contributed by atoms with Gasteiger partial charge < -0.3 is 10.3 Å². The Morgan fingerprint density at radius 3 is 2.90 bits per heavy atom. The predicted octanol–water partition coefficient (Wildman–Crippen LogP) is 1.97. The first-order valence-corrected chi connectivity index (χ1v) is 6.48. The lowest BCUT2D eigenvalue weighted by Crippen LogP contribution is -2.24. The molecule has 7 heteroatoms. The highest BCUT2D eigenvalue weighted by Gasteiger charge is 2.13. The summed E-state index contributed by atoms with van der Waals surface area (Å²) in [6.07, 6.45) is 0. The fraction of sp³-hybridized carbons (Fsp3) is 0.214. The van der Waals surface area contributed by atoms with Crippen LogP contribution in [0.2, 0.25) is 0 Å². The molecule has 0 radical (unpaired) electrons. The van der Waals surface area contributed by atoms with Crippen LogP contribution >= 0.6 is 0 Å². The van der Waals surface area contributed by atoms with Crippen molar-refractivity contribution in [2.45, 2.75) is 20.4 Å². The van der Waals surface area contributed by atoms with E-state index >= 15 is 0 Å². The van der Waals surface area contributed by atoms with Gasteiger partial charge in [-0.3, -0.25) is 9.89 Å². The molecular weight excluding hydrogens is 273 g/mol. The topological polar surface area (TPSA) is 86.5 Å². The Morgan fingerprint density at radius 1 is 1.38 bits per heavy atom. The van der Waals surface area contributed by atoms with Gasteiger partial charge in [0.25, 0.3) is 5.91 Å². The maximum Gasteiger partial charge on any atom is 0.287 e. The van der Waals surface area contributed by atoms with Gasteiger partial charge in [-0.25, -0.2) is 9.37 Å². The molecule has 21 heavy (non-hydrogen) atoms. The number of amides is 1. The van der Waals surface area contributed by atoms with Gasteiger partial charge in [-0.2, -0.15) is 5.10 Å². The molecule has 0 aliphatic heterocycles. The van der Waals surface area contributed by atoms with Crippen LogP contribution in [0, 0.1) is 19.7 Å². The number of fused-ring (bicyclic) bond motifs is 1. The SMILES string of the molecule is Cc1n[nH]c(C)c1CNC(=O)c1nc2ccc(F)cc2[nH]1. The maximum absolute atomic E-state index is 13.1. The van der Waals surface area contributed by atoms with Gasteiger partial charge in [-0.1, -0.05) is 0 Å². The highest BCUT2D eigenvalue weighted by molar-refractivity contribution is 5.94. The molecular formula is C14H14FN5O. The third-order valence-electron chi connectivity index (χ3n) is 3.37. The standard InChI is InChI=1S/C14H14FN5O/c1-7-10(8(2)20-19-7)6-16-14(21)13-17-11-4-3-9(15)5-12(11)18-13/h3-5H,6H2,1-2H3,(H,16,21)(H,17,18)(H,19,20). The Kier molecular flexibility index (Phi) is 3.17. The number of imidazole rings is 1. The second kappa shape index (κ2) is 5.01. The average Bonchev–Trinajstić information content (AvgIpc) is 3.00. The second-order valence-electron chi connectivity index (χ2n) is 4.84. The van der Waals surface area contributed by atoms with Crippen LogP contribution in [0.5, 0.6) is 0 Å². The molecule has 6 nitrogen and oxygen atoms in total. The number of nitrogens with zero attached hydrogens (tertiary/aromatic N) is 2. The van der Waals surface area contributed by atoms with Crippen LogP contribution in [0.1, 0.15) is 27.6 Å². The maximum atomic E-state index is 13.1. The third-order valence-corrected chi connectivity index (χ3v) is 3.37. The van der Waals surface area contributed by atoms with E-state index in [0.717, 1.165) is 17.0 Å². The quantitative estimate of drug-likeness (QED) is 0.688. The molecule has 0 saturated carbocycles. The minimum absolute atomic E-state index is 0.161. The molecule has 1 amide bonds. The fourth-order valence-electron chi connectivity index (χ4n) is 2.18. The molecule has 3 rings (SSSR count). The van der Waals surface area contributed by atoms with E-state index in [1.807, 2.05) is 13.8 Å². The minimum atomic E-state index is -0.372. The van der Waals surface area contributed by atoms with Gasteiger partial charge in [0.2, 0.25) is 0 Å². The Morgan fingerprint density at radius 2 is 2.19 bits per heavy atom. The van der Waals surface area contributed by atoms with Gasteiger partial charge >= 0.3 is 0 Å². The van der Waals surface area contributed by atoms with Gasteiger partial charge in [0.1, 0.15) is 5.82 Å². The van der Waals surface area contributed by atoms with Crippen LogP contribution in [0.4, 0.5) is 4.39 Å². The second-order valence-corrected chi connectivity index (χ2v) is 4.84. The van der Waals surface area contributed by atoms with Crippen LogP contribution in [-0.2, 0) is 6.54 Å². The normalized spacial score (nSPS) is 11.0. The molecule has 2 heterocycles. The molecule has 0 fully saturated rings. The zero-order valence-corrected chi connectivity index (χ0v) is 11.6. The molecule has 3 N–H and O–H groups in total. The number of aromatic amines is 2. The fourth-order valence-corrected chi connectivity index (χ4v) is 2.18. The lowest BCUT2D eigenvalue weighted by atomic mass is 10.2. The summed E-state index contributed by atoms with van der Waals surface area (Å²) >= 11 is 0. The molecule has 0 unspecified atom stereocenters. The smallest absolute Gasteiger partial charge is 0.287 e. The van der Waals surface area contributed by atoms with E-state index in [1.165, 1.54) is 18.2 Å². The number of H-pyrrole nitrogens is 2. The van der Waals surface area contributed by atoms with Crippen LogP contribution in [0.15, 0.2) is 18.2 Å². The largest absolute Gasteiger partial charge is 0.345 e. The Hall–Kier alpha value is -2.70. The summed E-state index contributed by atoms with van der Waals surface area (Å²) in [4.78, 5) is 19.0. The van der Waals surface area contributed by atoms with E-state index in [2.05, 4.69) is 25.5 Å². The monoisotopic (exact) mass is 287 g/mol. The van der Waals surface area contributed by atoms with E-state index < -0.39 is 0 Å². The van der Waals surface area contributed by atoms with Gasteiger partial charge in [-0.05, 0) is 32.0 Å². The highest BCUT2D eigenvalue weighted by Crippen LogP contribution is 2.13. The molecule has 0 spiro atoms. The van der Waals surface area contributed by atoms with Gasteiger partial charge in [0.15, 0.2) is 5.82 Å². The van der Waals surface area contributed by atoms with Crippen molar-refractivity contribution < 1.29 is 9.18 Å². The first kappa shape index (κ1) is 13.3. The van der Waals surface area contributed by atoms with Crippen molar-refractivity contribution in [2.75, 3.05) is 0 Å². The summed E-state index contributed by atoms with van der Waals surface area (Å²) in [5.41, 5.74) is 3.76. The number of nitrogens with one attached hydrogen (secondary N) is 3. The summed E-state index contributed by atoms with van der Waals surface area (Å²) in [6.45, 7) is 4.12. The zero-order chi connectivity index (χ0) is 15.0. The number of hydrogen-bond acceptors (Lipinski definition) is 3. The van der Waals surface area contributed by atoms with Crippen LogP contribution in [0.3, 0.4) is 0 Å². The van der Waals surface area contributed by atoms with Crippen molar-refractivity contribution in [2.24, 2.45) is 0 Å². The molecule has 0 bridgehead atoms. The summed E-state index contributed by atoms with van der Waals surface area (Å²) in [6, 6.07) is 4.15. The van der Waals surface area contributed by atoms with E-state index in [1.54, 1.807) is 0 Å². The Labute approximate surface area is 119 Å². The summed E-state index contributed by atoms with van der Waals surface area (Å²) in [5.74, 6) is -0.552. The number of rotatable bonds is 3. The molecule has 1 aromatic carbocycles. The van der Waals surface area contributed by atoms with Crippen molar-refractivity contribution in [1.29, 1.82) is 0 Å². The van der Waals surface area contributed by atoms with Crippen molar-refractivity contribution in [1.82, 2.24) is 25.5 Å². The minimum Gasteiger partial charge on any atom is -0.345 e. The lowest BCUT2D eigenvalue weighted by Gasteiger charge is -2.03. The molecule has 0 atom stereocenters. The number of hydrogen-bond donors (Lipinski definition) is 3. The molecule has 0 aliphatic carbocycles. The van der Waals surface area contributed by atoms with E-state index in [4.69, 9.17) is 0 Å². The number of carbonyl (C=O) groups excluding carboxylic acids is 1. The molecule has 108 valence electrons. The molecule has 3 aromatic rings. The Balaban J connectivity index is 1.78. The first-order chi connectivity index (χ1) is 10.0. The van der Waals surface area contributed by atoms with Crippen LogP contribution in [-0.4, -0.2) is 26.1 Å². The summed E-state index contributed by atoms with van der Waals surface area (Å²) < 4.78 is 13.1. The molecule has 0 aliphatic rings. The summed E-state index contributed by atoms with van der Waals surface area (Å²) in [7, 11) is 0. The van der Waals surface area contributed by atoms with Crippen molar-refractivity contribution in [3.05, 3.63) is 46.8 Å². The highest BCUT2D eigenvalue weighted by atomic mass is 19.1. The van der Waals surface area contributed by atoms with Gasteiger partial charge in [-0.15, -0.1) is 0 Å². The number of halogens is 1. The third kappa shape index (κ3) is 2.49. The summed E-state index contributed by atoms with van der Waals surface area (Å²) in [5, 5.41) is 9.70. The van der Waals surface area contributed by atoms with E-state index in [0.29, 0.717) is 17.6 Å². The van der Waals surface area contributed by atoms with Crippen LogP contribution in [0.25, 0.3) is 11.0 Å². The number of aryl methyl sites for hydroxylation is 2. The number of carbonyl (C=O) groups is 1. The molecule has 0 saturated heterocycles. The number of aromatic nitrogens is 4. The number of benzene rings is 1. The lowest BCUT2D eigenvalue weighted by molar-refractivity contribution is 0.0941.